The molecule has 1 aliphatic heterocycles. The van der Waals surface area contributed by atoms with Crippen molar-refractivity contribution < 1.29 is 32.6 Å². The van der Waals surface area contributed by atoms with E-state index in [9.17, 15) is 22.8 Å². The summed E-state index contributed by atoms with van der Waals surface area (Å²) in [6.45, 7) is -0.296. The molecular weight excluding hydrogens is 405 g/mol. The van der Waals surface area contributed by atoms with E-state index in [-0.39, 0.29) is 29.4 Å². The summed E-state index contributed by atoms with van der Waals surface area (Å²) in [5, 5.41) is 11.3. The lowest BCUT2D eigenvalue weighted by Gasteiger charge is -2.33. The molecule has 30 heavy (non-hydrogen) atoms. The van der Waals surface area contributed by atoms with Crippen molar-refractivity contribution in [3.63, 3.8) is 0 Å². The normalized spacial score (nSPS) is 20.7. The smallest absolute Gasteiger partial charge is 0.337 e. The Labute approximate surface area is 168 Å². The van der Waals surface area contributed by atoms with Crippen molar-refractivity contribution in [1.82, 2.24) is 4.98 Å². The van der Waals surface area contributed by atoms with Gasteiger partial charge in [-0.15, -0.1) is 0 Å². The second-order valence-electron chi connectivity index (χ2n) is 6.76. The molecule has 4 N–H and O–H groups in total. The summed E-state index contributed by atoms with van der Waals surface area (Å²) in [6.07, 6.45) is 0.998. The number of nitrogens with two attached hydrogens (primary N) is 1. The Kier molecular flexibility index (Phi) is 5.49. The zero-order valence-corrected chi connectivity index (χ0v) is 15.7. The van der Waals surface area contributed by atoms with E-state index in [0.29, 0.717) is 0 Å². The van der Waals surface area contributed by atoms with Gasteiger partial charge in [-0.25, -0.2) is 18.0 Å². The second kappa shape index (κ2) is 7.75. The number of aromatic nitrogens is 1. The molecule has 2 aromatic rings. The summed E-state index contributed by atoms with van der Waals surface area (Å²) in [7, 11) is 0. The minimum absolute atomic E-state index is 0.0106. The van der Waals surface area contributed by atoms with Gasteiger partial charge >= 0.3 is 5.97 Å². The minimum Gasteiger partial charge on any atom is -0.478 e. The van der Waals surface area contributed by atoms with Gasteiger partial charge in [-0.3, -0.25) is 14.8 Å². The predicted molar refractivity (Wildman–Crippen MR) is 100 cm³/mol. The van der Waals surface area contributed by atoms with E-state index in [1.165, 1.54) is 18.2 Å². The molecule has 1 aliphatic rings. The van der Waals surface area contributed by atoms with Gasteiger partial charge in [0.1, 0.15) is 30.6 Å². The van der Waals surface area contributed by atoms with E-state index in [4.69, 9.17) is 15.6 Å². The number of aromatic carboxylic acids is 1. The second-order valence-corrected chi connectivity index (χ2v) is 6.76. The van der Waals surface area contributed by atoms with E-state index in [1.807, 2.05) is 0 Å². The van der Waals surface area contributed by atoms with Crippen LogP contribution in [0.5, 0.6) is 0 Å². The fourth-order valence-corrected chi connectivity index (χ4v) is 2.91. The lowest BCUT2D eigenvalue weighted by Crippen LogP contribution is -2.45. The largest absolute Gasteiger partial charge is 0.478 e. The molecule has 2 heterocycles. The zero-order chi connectivity index (χ0) is 22.1. The van der Waals surface area contributed by atoms with Crippen molar-refractivity contribution in [3.05, 3.63) is 59.2 Å². The van der Waals surface area contributed by atoms with Gasteiger partial charge in [-0.05, 0) is 37.3 Å². The Morgan fingerprint density at radius 3 is 2.63 bits per heavy atom. The molecule has 0 fully saturated rings. The van der Waals surface area contributed by atoms with E-state index in [1.54, 1.807) is 0 Å². The fraction of sp³-hybridized carbons (Fsp3) is 0.263. The molecule has 0 saturated carbocycles. The number of amides is 1. The number of carbonyl (C=O) groups excluding carboxylic acids is 1. The Morgan fingerprint density at radius 1 is 1.27 bits per heavy atom. The monoisotopic (exact) mass is 422 g/mol. The van der Waals surface area contributed by atoms with Crippen LogP contribution in [0, 0.1) is 5.82 Å². The van der Waals surface area contributed by atoms with Crippen LogP contribution in [0.25, 0.3) is 0 Å². The molecule has 0 spiro atoms. The number of anilines is 1. The van der Waals surface area contributed by atoms with Crippen LogP contribution in [0.1, 0.15) is 33.3 Å². The third-order valence-electron chi connectivity index (χ3n) is 4.60. The van der Waals surface area contributed by atoms with Crippen molar-refractivity contribution in [2.24, 2.45) is 10.7 Å². The highest BCUT2D eigenvalue weighted by Crippen LogP contribution is 2.44. The average molecular weight is 422 g/mol. The number of hydrogen-bond acceptors (Lipinski definition) is 6. The summed E-state index contributed by atoms with van der Waals surface area (Å²) in [6, 6.07) is 5.51. The van der Waals surface area contributed by atoms with Crippen LogP contribution in [0.2, 0.25) is 0 Å². The van der Waals surface area contributed by atoms with Crippen molar-refractivity contribution in [2.45, 2.75) is 18.4 Å². The van der Waals surface area contributed by atoms with Crippen LogP contribution in [0.3, 0.4) is 0 Å². The number of halogens is 3. The molecule has 11 heteroatoms. The number of carbonyl (C=O) groups is 2. The summed E-state index contributed by atoms with van der Waals surface area (Å²) in [5.74, 6) is -6.71. The molecular formula is C19H17F3N4O4. The quantitative estimate of drug-likeness (QED) is 0.695. The molecule has 3 rings (SSSR count). The first kappa shape index (κ1) is 21.2. The number of carboxylic acids is 1. The van der Waals surface area contributed by atoms with Gasteiger partial charge in [0.2, 0.25) is 0 Å². The molecule has 8 nitrogen and oxygen atoms in total. The van der Waals surface area contributed by atoms with Crippen molar-refractivity contribution in [1.29, 1.82) is 0 Å². The summed E-state index contributed by atoms with van der Waals surface area (Å²) in [5.41, 5.74) is 2.53. The summed E-state index contributed by atoms with van der Waals surface area (Å²) in [4.78, 5) is 30.7. The average Bonchev–Trinajstić information content (AvgIpc) is 2.78. The SMILES string of the molecule is C[C@]1(c2cc(NC(=O)c3ccc(C(=O)O)cn3)ccc2F)N=C(N)COCC1(F)F. The molecule has 1 aromatic heterocycles. The molecule has 0 saturated heterocycles. The Hall–Kier alpha value is -3.47. The number of pyridine rings is 1. The van der Waals surface area contributed by atoms with Gasteiger partial charge in [0.25, 0.3) is 11.8 Å². The Balaban J connectivity index is 1.94. The zero-order valence-electron chi connectivity index (χ0n) is 15.7. The summed E-state index contributed by atoms with van der Waals surface area (Å²) >= 11 is 0. The highest BCUT2D eigenvalue weighted by atomic mass is 19.3. The standard InChI is InChI=1S/C19H17F3N4O4/c1-18(19(21,22)9-30-8-15(23)26-18)12-6-11(3-4-13(12)20)25-16(27)14-5-2-10(7-24-14)17(28)29/h2-7H,8-9H2,1H3,(H2,23,26)(H,25,27)(H,28,29)/t18-/m1/s1. The van der Waals surface area contributed by atoms with Gasteiger partial charge in [0, 0.05) is 17.4 Å². The van der Waals surface area contributed by atoms with Crippen molar-refractivity contribution >= 4 is 23.4 Å². The number of hydrogen-bond donors (Lipinski definition) is 3. The first-order valence-electron chi connectivity index (χ1n) is 8.64. The third-order valence-corrected chi connectivity index (χ3v) is 4.60. The minimum atomic E-state index is -3.58. The summed E-state index contributed by atoms with van der Waals surface area (Å²) < 4.78 is 48.8. The molecule has 158 valence electrons. The Morgan fingerprint density at radius 2 is 2.00 bits per heavy atom. The van der Waals surface area contributed by atoms with E-state index in [2.05, 4.69) is 15.3 Å². The molecule has 0 unspecified atom stereocenters. The number of amidine groups is 1. The van der Waals surface area contributed by atoms with Gasteiger partial charge < -0.3 is 20.9 Å². The topological polar surface area (TPSA) is 127 Å². The highest BCUT2D eigenvalue weighted by molar-refractivity contribution is 6.03. The first-order chi connectivity index (χ1) is 14.0. The van der Waals surface area contributed by atoms with Crippen LogP contribution in [-0.2, 0) is 10.3 Å². The lowest BCUT2D eigenvalue weighted by molar-refractivity contribution is -0.116. The van der Waals surface area contributed by atoms with Crippen LogP contribution in [0.4, 0.5) is 18.9 Å². The number of carboxylic acid groups (broad SMARTS) is 1. The Bertz CT molecular complexity index is 1030. The number of aliphatic imine (C=N–C) groups is 1. The van der Waals surface area contributed by atoms with E-state index in [0.717, 1.165) is 25.3 Å². The molecule has 1 atom stereocenters. The molecule has 0 bridgehead atoms. The van der Waals surface area contributed by atoms with Gasteiger partial charge in [-0.2, -0.15) is 0 Å². The van der Waals surface area contributed by atoms with Crippen molar-refractivity contribution in [3.8, 4) is 0 Å². The lowest BCUT2D eigenvalue weighted by atomic mass is 9.85. The van der Waals surface area contributed by atoms with E-state index >= 15 is 0 Å². The van der Waals surface area contributed by atoms with Crippen LogP contribution < -0.4 is 11.1 Å². The molecule has 0 aliphatic carbocycles. The number of nitrogens with zero attached hydrogens (tertiary/aromatic N) is 2. The van der Waals surface area contributed by atoms with Gasteiger partial charge in [0.05, 0.1) is 5.56 Å². The number of nitrogens with one attached hydrogen (secondary N) is 1. The number of benzene rings is 1. The predicted octanol–water partition coefficient (Wildman–Crippen LogP) is 2.41. The van der Waals surface area contributed by atoms with Crippen LogP contribution in [-0.4, -0.2) is 46.9 Å². The van der Waals surface area contributed by atoms with Gasteiger partial charge in [0.15, 0.2) is 5.54 Å². The number of ether oxygens (including phenoxy) is 1. The maximum atomic E-state index is 14.7. The molecule has 1 aromatic carbocycles. The highest BCUT2D eigenvalue weighted by Gasteiger charge is 2.54. The maximum absolute atomic E-state index is 14.7. The third kappa shape index (κ3) is 3.96. The number of alkyl halides is 2. The fourth-order valence-electron chi connectivity index (χ4n) is 2.91. The molecule has 1 amide bonds. The van der Waals surface area contributed by atoms with Crippen molar-refractivity contribution in [2.75, 3.05) is 18.5 Å². The van der Waals surface area contributed by atoms with E-state index < -0.39 is 41.3 Å². The maximum Gasteiger partial charge on any atom is 0.337 e. The van der Waals surface area contributed by atoms with Gasteiger partial charge in [-0.1, -0.05) is 0 Å². The van der Waals surface area contributed by atoms with Crippen LogP contribution >= 0.6 is 0 Å². The first-order valence-corrected chi connectivity index (χ1v) is 8.64. The number of rotatable bonds is 4. The molecule has 0 radical (unpaired) electrons. The van der Waals surface area contributed by atoms with Crippen LogP contribution in [0.15, 0.2) is 41.5 Å².